The van der Waals surface area contributed by atoms with Gasteiger partial charge in [0.25, 0.3) is 0 Å². The number of sulfone groups is 1. The SMILES string of the molecule is N[C@H]1CS(=O)(=O)CC[C@@H]1CC(=O)O. The van der Waals surface area contributed by atoms with Crippen molar-refractivity contribution in [2.24, 2.45) is 11.7 Å². The van der Waals surface area contributed by atoms with E-state index in [1.54, 1.807) is 0 Å². The first-order chi connectivity index (χ1) is 5.91. The Morgan fingerprint density at radius 2 is 2.15 bits per heavy atom. The van der Waals surface area contributed by atoms with Crippen molar-refractivity contribution in [3.8, 4) is 0 Å². The van der Waals surface area contributed by atoms with Crippen LogP contribution in [-0.4, -0.2) is 37.0 Å². The molecule has 6 heteroatoms. The first kappa shape index (κ1) is 10.5. The predicted molar refractivity (Wildman–Crippen MR) is 47.0 cm³/mol. The lowest BCUT2D eigenvalue weighted by molar-refractivity contribution is -0.138. The molecule has 0 aliphatic carbocycles. The smallest absolute Gasteiger partial charge is 0.303 e. The quantitative estimate of drug-likeness (QED) is 0.619. The van der Waals surface area contributed by atoms with Crippen LogP contribution in [0, 0.1) is 5.92 Å². The van der Waals surface area contributed by atoms with Crippen molar-refractivity contribution in [1.82, 2.24) is 0 Å². The van der Waals surface area contributed by atoms with Crippen LogP contribution in [0.4, 0.5) is 0 Å². The van der Waals surface area contributed by atoms with Gasteiger partial charge in [-0.2, -0.15) is 0 Å². The number of rotatable bonds is 2. The zero-order valence-electron chi connectivity index (χ0n) is 7.14. The Labute approximate surface area is 76.8 Å². The van der Waals surface area contributed by atoms with Crippen molar-refractivity contribution in [2.45, 2.75) is 18.9 Å². The molecule has 1 fully saturated rings. The molecule has 1 rings (SSSR count). The van der Waals surface area contributed by atoms with E-state index < -0.39 is 21.8 Å². The van der Waals surface area contributed by atoms with E-state index in [-0.39, 0.29) is 23.8 Å². The zero-order chi connectivity index (χ0) is 10.1. The molecule has 0 unspecified atom stereocenters. The van der Waals surface area contributed by atoms with Gasteiger partial charge in [0.05, 0.1) is 11.5 Å². The molecular weight excluding hydrogens is 194 g/mol. The Morgan fingerprint density at radius 1 is 1.54 bits per heavy atom. The van der Waals surface area contributed by atoms with E-state index in [0.29, 0.717) is 6.42 Å². The summed E-state index contributed by atoms with van der Waals surface area (Å²) in [7, 11) is -3.02. The highest BCUT2D eigenvalue weighted by molar-refractivity contribution is 7.91. The third-order valence-corrected chi connectivity index (χ3v) is 4.04. The molecule has 3 N–H and O–H groups in total. The first-order valence-electron chi connectivity index (χ1n) is 4.08. The Bertz CT molecular complexity index is 298. The lowest BCUT2D eigenvalue weighted by Crippen LogP contribution is -2.43. The molecule has 0 aromatic rings. The Kier molecular flexibility index (Phi) is 2.92. The number of aliphatic carboxylic acids is 1. The Hall–Kier alpha value is -0.620. The fourth-order valence-corrected chi connectivity index (χ4v) is 3.22. The van der Waals surface area contributed by atoms with Gasteiger partial charge in [0.15, 0.2) is 9.84 Å². The van der Waals surface area contributed by atoms with Crippen LogP contribution in [0.5, 0.6) is 0 Å². The van der Waals surface area contributed by atoms with Crippen molar-refractivity contribution in [3.05, 3.63) is 0 Å². The average Bonchev–Trinajstić information content (AvgIpc) is 1.93. The minimum Gasteiger partial charge on any atom is -0.481 e. The normalized spacial score (nSPS) is 32.7. The largest absolute Gasteiger partial charge is 0.481 e. The van der Waals surface area contributed by atoms with Gasteiger partial charge >= 0.3 is 5.97 Å². The molecule has 1 saturated heterocycles. The van der Waals surface area contributed by atoms with Gasteiger partial charge in [-0.1, -0.05) is 0 Å². The van der Waals surface area contributed by atoms with Crippen molar-refractivity contribution in [3.63, 3.8) is 0 Å². The molecule has 5 nitrogen and oxygen atoms in total. The first-order valence-corrected chi connectivity index (χ1v) is 5.90. The monoisotopic (exact) mass is 207 g/mol. The third kappa shape index (κ3) is 2.96. The van der Waals surface area contributed by atoms with Crippen LogP contribution in [0.2, 0.25) is 0 Å². The van der Waals surface area contributed by atoms with Crippen LogP contribution in [0.15, 0.2) is 0 Å². The van der Waals surface area contributed by atoms with Gasteiger partial charge in [-0.05, 0) is 12.3 Å². The topological polar surface area (TPSA) is 97.5 Å². The van der Waals surface area contributed by atoms with Crippen LogP contribution in [-0.2, 0) is 14.6 Å². The average molecular weight is 207 g/mol. The molecule has 0 saturated carbocycles. The molecule has 0 aromatic carbocycles. The second-order valence-electron chi connectivity index (χ2n) is 3.42. The molecule has 0 aromatic heterocycles. The minimum absolute atomic E-state index is 0.0311. The second kappa shape index (κ2) is 3.63. The summed E-state index contributed by atoms with van der Waals surface area (Å²) < 4.78 is 22.1. The van der Waals surface area contributed by atoms with Gasteiger partial charge in [0, 0.05) is 12.5 Å². The molecule has 0 amide bonds. The number of hydrogen-bond acceptors (Lipinski definition) is 4. The second-order valence-corrected chi connectivity index (χ2v) is 5.65. The van der Waals surface area contributed by atoms with Crippen molar-refractivity contribution < 1.29 is 18.3 Å². The maximum absolute atomic E-state index is 11.1. The number of hydrogen-bond donors (Lipinski definition) is 2. The van der Waals surface area contributed by atoms with Crippen molar-refractivity contribution >= 4 is 15.8 Å². The van der Waals surface area contributed by atoms with E-state index >= 15 is 0 Å². The predicted octanol–water partition coefficient (Wildman–Crippen LogP) is -0.777. The van der Waals surface area contributed by atoms with Crippen LogP contribution >= 0.6 is 0 Å². The van der Waals surface area contributed by atoms with Crippen LogP contribution in [0.3, 0.4) is 0 Å². The minimum atomic E-state index is -3.02. The summed E-state index contributed by atoms with van der Waals surface area (Å²) in [6.45, 7) is 0. The maximum Gasteiger partial charge on any atom is 0.303 e. The highest BCUT2D eigenvalue weighted by Gasteiger charge is 2.31. The molecular formula is C7H13NO4S. The summed E-state index contributed by atoms with van der Waals surface area (Å²) >= 11 is 0. The van der Waals surface area contributed by atoms with E-state index in [0.717, 1.165) is 0 Å². The van der Waals surface area contributed by atoms with Crippen molar-refractivity contribution in [2.75, 3.05) is 11.5 Å². The highest BCUT2D eigenvalue weighted by atomic mass is 32.2. The van der Waals surface area contributed by atoms with Gasteiger partial charge in [-0.15, -0.1) is 0 Å². The Balaban J connectivity index is 2.59. The number of carbonyl (C=O) groups is 1. The summed E-state index contributed by atoms with van der Waals surface area (Å²) in [5.74, 6) is -1.12. The summed E-state index contributed by atoms with van der Waals surface area (Å²) in [5, 5.41) is 8.51. The Morgan fingerprint density at radius 3 is 2.62 bits per heavy atom. The fraction of sp³-hybridized carbons (Fsp3) is 0.857. The van der Waals surface area contributed by atoms with E-state index in [4.69, 9.17) is 10.8 Å². The molecule has 76 valence electrons. The molecule has 2 atom stereocenters. The van der Waals surface area contributed by atoms with E-state index in [9.17, 15) is 13.2 Å². The summed E-state index contributed by atoms with van der Waals surface area (Å²) in [5.41, 5.74) is 5.56. The molecule has 0 bridgehead atoms. The number of carboxylic acid groups (broad SMARTS) is 1. The summed E-state index contributed by atoms with van der Waals surface area (Å²) in [6.07, 6.45) is 0.340. The van der Waals surface area contributed by atoms with Gasteiger partial charge in [-0.3, -0.25) is 4.79 Å². The van der Waals surface area contributed by atoms with E-state index in [1.165, 1.54) is 0 Å². The molecule has 13 heavy (non-hydrogen) atoms. The van der Waals surface area contributed by atoms with Crippen LogP contribution in [0.25, 0.3) is 0 Å². The van der Waals surface area contributed by atoms with Gasteiger partial charge < -0.3 is 10.8 Å². The molecule has 1 aliphatic rings. The van der Waals surface area contributed by atoms with Crippen LogP contribution in [0.1, 0.15) is 12.8 Å². The molecule has 1 heterocycles. The standard InChI is InChI=1S/C7H13NO4S/c8-6-4-13(11,12)2-1-5(6)3-7(9)10/h5-6H,1-4,8H2,(H,9,10)/t5-,6+/m1/s1. The lowest BCUT2D eigenvalue weighted by atomic mass is 9.95. The van der Waals surface area contributed by atoms with Gasteiger partial charge in [-0.25, -0.2) is 8.42 Å². The summed E-state index contributed by atoms with van der Waals surface area (Å²) in [4.78, 5) is 10.4. The van der Waals surface area contributed by atoms with E-state index in [2.05, 4.69) is 0 Å². The molecule has 0 radical (unpaired) electrons. The maximum atomic E-state index is 11.1. The zero-order valence-corrected chi connectivity index (χ0v) is 7.96. The fourth-order valence-electron chi connectivity index (χ4n) is 1.54. The number of nitrogens with two attached hydrogens (primary N) is 1. The molecule has 0 spiro atoms. The molecule has 1 aliphatic heterocycles. The van der Waals surface area contributed by atoms with Crippen molar-refractivity contribution in [1.29, 1.82) is 0 Å². The highest BCUT2D eigenvalue weighted by Crippen LogP contribution is 2.20. The number of carboxylic acids is 1. The van der Waals surface area contributed by atoms with Gasteiger partial charge in [0.2, 0.25) is 0 Å². The van der Waals surface area contributed by atoms with Crippen LogP contribution < -0.4 is 5.73 Å². The van der Waals surface area contributed by atoms with E-state index in [1.807, 2.05) is 0 Å². The van der Waals surface area contributed by atoms with Gasteiger partial charge in [0.1, 0.15) is 0 Å². The lowest BCUT2D eigenvalue weighted by Gasteiger charge is -2.26. The summed E-state index contributed by atoms with van der Waals surface area (Å²) in [6, 6.07) is -0.519. The third-order valence-electron chi connectivity index (χ3n) is 2.29.